The molecule has 0 aliphatic carbocycles. The van der Waals surface area contributed by atoms with E-state index in [-0.39, 0.29) is 42.4 Å². The van der Waals surface area contributed by atoms with Crippen LogP contribution < -0.4 is 31.1 Å². The van der Waals surface area contributed by atoms with Crippen molar-refractivity contribution in [3.8, 4) is 55.6 Å². The van der Waals surface area contributed by atoms with Crippen molar-refractivity contribution in [2.24, 2.45) is 0 Å². The minimum Gasteiger partial charge on any atom is -0.370 e. The lowest BCUT2D eigenvalue weighted by Crippen LogP contribution is -2.44. The third-order valence-electron chi connectivity index (χ3n) is 21.6. The summed E-state index contributed by atoms with van der Waals surface area (Å²) in [4.78, 5) is 81.7. The van der Waals surface area contributed by atoms with Crippen molar-refractivity contribution in [2.75, 3.05) is 90.5 Å². The van der Waals surface area contributed by atoms with Gasteiger partial charge in [0.2, 0.25) is 0 Å². The highest BCUT2D eigenvalue weighted by atomic mass is 19.3. The Bertz CT molecular complexity index is 6620. The number of likely N-dealkylation sites (tertiary alicyclic amines) is 1. The molecule has 0 radical (unpaired) electrons. The maximum absolute atomic E-state index is 13.6. The van der Waals surface area contributed by atoms with Gasteiger partial charge in [-0.25, -0.2) is 18.2 Å². The van der Waals surface area contributed by atoms with Crippen LogP contribution in [-0.2, 0) is 6.54 Å². The summed E-state index contributed by atoms with van der Waals surface area (Å²) in [7, 11) is 2.13. The van der Waals surface area contributed by atoms with Crippen LogP contribution in [0, 0.1) is 5.82 Å². The number of anilines is 6. The molecule has 0 saturated carbocycles. The van der Waals surface area contributed by atoms with Crippen molar-refractivity contribution in [1.29, 1.82) is 0 Å². The second-order valence-corrected chi connectivity index (χ2v) is 30.2. The largest absolute Gasteiger partial charge is 0.370 e. The zero-order chi connectivity index (χ0) is 84.2. The number of likely N-dealkylation sites (N-methyl/N-ethyl adjacent to an activating group) is 1. The Morgan fingerprint density at radius 2 is 0.813 bits per heavy atom. The second kappa shape index (κ2) is 36.4. The van der Waals surface area contributed by atoms with E-state index in [4.69, 9.17) is 0 Å². The first-order chi connectivity index (χ1) is 60.1. The molecule has 4 amide bonds. The molecule has 3 saturated heterocycles. The van der Waals surface area contributed by atoms with Gasteiger partial charge in [0, 0.05) is 163 Å². The maximum atomic E-state index is 13.6. The average molecular weight is 1640 g/mol. The third kappa shape index (κ3) is 19.2. The number of fused-ring (bicyclic) bond motifs is 4. The maximum Gasteiger partial charge on any atom is 0.276 e. The molecule has 3 aliphatic rings. The molecule has 9 aromatic heterocycles. The summed E-state index contributed by atoms with van der Waals surface area (Å²) in [5, 5.41) is 43.1. The highest BCUT2D eigenvalue weighted by molar-refractivity contribution is 6.15. The predicted octanol–water partition coefficient (Wildman–Crippen LogP) is 17.9. The number of rotatable bonds is 17. The molecule has 3 fully saturated rings. The molecule has 8 aromatic carbocycles. The van der Waals surface area contributed by atoms with Crippen molar-refractivity contribution >= 4 is 101 Å². The van der Waals surface area contributed by atoms with Crippen LogP contribution in [0.5, 0.6) is 0 Å². The van der Waals surface area contributed by atoms with Gasteiger partial charge in [-0.3, -0.25) is 64.4 Å². The van der Waals surface area contributed by atoms with Crippen LogP contribution in [0.4, 0.5) is 47.4 Å². The summed E-state index contributed by atoms with van der Waals surface area (Å²) in [6.07, 6.45) is 18.3. The van der Waals surface area contributed by atoms with E-state index in [1.807, 2.05) is 213 Å². The van der Waals surface area contributed by atoms with E-state index in [2.05, 4.69) is 115 Å². The lowest BCUT2D eigenvalue weighted by molar-refractivity contribution is 0.0114. The normalized spacial score (nSPS) is 13.8. The van der Waals surface area contributed by atoms with Crippen LogP contribution in [0.15, 0.2) is 286 Å². The number of hydrogen-bond acceptors (Lipinski definition) is 17. The fourth-order valence-electron chi connectivity index (χ4n) is 15.1. The molecule has 0 atom stereocenters. The van der Waals surface area contributed by atoms with Crippen LogP contribution in [0.1, 0.15) is 66.8 Å². The number of aromatic amines is 4. The Balaban J connectivity index is 0.000000116. The summed E-state index contributed by atoms with van der Waals surface area (Å²) >= 11 is 0. The number of nitrogens with one attached hydrogen (secondary N) is 8. The van der Waals surface area contributed by atoms with Crippen molar-refractivity contribution in [3.63, 3.8) is 0 Å². The molecule has 0 unspecified atom stereocenters. The predicted molar refractivity (Wildman–Crippen MR) is 474 cm³/mol. The lowest BCUT2D eigenvalue weighted by atomic mass is 10.0. The number of benzene rings is 8. The number of H-pyrrole nitrogens is 4. The van der Waals surface area contributed by atoms with Crippen LogP contribution in [-0.4, -0.2) is 164 Å². The van der Waals surface area contributed by atoms with Crippen molar-refractivity contribution in [2.45, 2.75) is 31.7 Å². The number of pyridine rings is 5. The summed E-state index contributed by atoms with van der Waals surface area (Å²) in [6, 6.07) is 71.2. The van der Waals surface area contributed by atoms with Crippen LogP contribution in [0.3, 0.4) is 0 Å². The van der Waals surface area contributed by atoms with E-state index in [0.29, 0.717) is 58.3 Å². The first kappa shape index (κ1) is 80.0. The number of piperazine rings is 1. The van der Waals surface area contributed by atoms with Gasteiger partial charge in [0.15, 0.2) is 22.8 Å². The molecule has 12 heterocycles. The molecular formula is C95H82F3N21O4. The van der Waals surface area contributed by atoms with E-state index >= 15 is 0 Å². The van der Waals surface area contributed by atoms with Crippen molar-refractivity contribution in [3.05, 3.63) is 320 Å². The van der Waals surface area contributed by atoms with E-state index < -0.39 is 5.92 Å². The van der Waals surface area contributed by atoms with Gasteiger partial charge >= 0.3 is 0 Å². The first-order valence-corrected chi connectivity index (χ1v) is 40.2. The van der Waals surface area contributed by atoms with Gasteiger partial charge in [-0.15, -0.1) is 0 Å². The van der Waals surface area contributed by atoms with Crippen LogP contribution in [0.2, 0.25) is 0 Å². The van der Waals surface area contributed by atoms with Gasteiger partial charge in [-0.1, -0.05) is 97.1 Å². The number of carbonyl (C=O) groups is 4. The number of para-hydroxylation sites is 2. The van der Waals surface area contributed by atoms with E-state index in [1.54, 1.807) is 60.4 Å². The second-order valence-electron chi connectivity index (χ2n) is 30.2. The van der Waals surface area contributed by atoms with E-state index in [9.17, 15) is 32.3 Å². The van der Waals surface area contributed by atoms with Crippen molar-refractivity contribution < 1.29 is 32.3 Å². The number of hydrogen-bond donors (Lipinski definition) is 8. The average Bonchev–Trinajstić information content (AvgIpc) is 1.68. The molecule has 612 valence electrons. The monoisotopic (exact) mass is 1640 g/mol. The number of aromatic nitrogens is 13. The quantitative estimate of drug-likeness (QED) is 0.0420. The fourth-order valence-corrected chi connectivity index (χ4v) is 15.1. The Kier molecular flexibility index (Phi) is 23.7. The number of amides is 4. The Labute approximate surface area is 703 Å². The van der Waals surface area contributed by atoms with Gasteiger partial charge < -0.3 is 36.0 Å². The van der Waals surface area contributed by atoms with Crippen LogP contribution in [0.25, 0.3) is 99.2 Å². The first-order valence-electron chi connectivity index (χ1n) is 40.2. The number of halogens is 3. The van der Waals surface area contributed by atoms with E-state index in [0.717, 1.165) is 156 Å². The molecule has 25 nitrogen and oxygen atoms in total. The highest BCUT2D eigenvalue weighted by Crippen LogP contribution is 2.35. The lowest BCUT2D eigenvalue weighted by Gasteiger charge is -2.33. The minimum atomic E-state index is -2.62. The van der Waals surface area contributed by atoms with Gasteiger partial charge in [-0.05, 0) is 192 Å². The van der Waals surface area contributed by atoms with Crippen LogP contribution >= 0.6 is 0 Å². The SMILES string of the molecule is CN1CCN(c2ccc(NC(=O)c3n[nH]c4ccc(-c5cccnc5)cc34)cn2)CC1.O=C(Nc1cccc(-c2cccc(F)c2)c1)c1n[nH]c2ccc(-c3cccnc3)cc12.O=C(Nc1ccccc1)c1n[nH]c2ccc(-c3cncc(CN4CCC(F)(F)C4)c3)cc12.O=C(Nc1ccccc1)c1n[nH]c2ccc(-c3cncc(N4CCCC4)c3)cc12. The van der Waals surface area contributed by atoms with Gasteiger partial charge in [0.1, 0.15) is 11.6 Å². The number of carbonyl (C=O) groups excluding carboxylic acids is 4. The standard InChI is InChI=1S/C25H17FN4O.C24H21F2N5O.C23H23N7O.C23H21N5O/c26-20-7-1-4-16(12-20)17-5-2-8-21(13-17)28-25(31)24-22-14-18(9-10-23(22)29-30-24)19-6-3-11-27-15-19;25-24(26)8-9-31(15-24)14-16-10-18(13-27-12-16)17-6-7-21-20(11-17)22(30-29-21)23(32)28-19-4-2-1-3-5-19;1-29-9-11-30(12-10-29)21-7-5-18(15-25-21)26-23(31)22-19-13-16(4-6-20(19)27-28-22)17-3-2-8-24-14-17;29-23(25-18-6-2-1-3-7-18)22-20-13-16(8-9-21(20)26-27-22)17-12-19(15-24-14-17)28-10-4-5-11-28/h1-15H,(H,28,31)(H,29,30);1-7,10-13H,8-9,14-15H2,(H,28,32)(H,29,30);2-8,13-15H,9-12H2,1H3,(H,26,31)(H,27,28);1-3,6-9,12-15H,4-5,10-11H2,(H,25,29)(H,26,27). The molecule has 0 bridgehead atoms. The summed E-state index contributed by atoms with van der Waals surface area (Å²) in [5.74, 6) is -3.13. The number of nitrogens with zero attached hydrogens (tertiary/aromatic N) is 13. The fraction of sp³-hybridized carbons (Fsp3) is 0.147. The van der Waals surface area contributed by atoms with Gasteiger partial charge in [0.05, 0.1) is 52.4 Å². The molecule has 123 heavy (non-hydrogen) atoms. The molecular weight excluding hydrogens is 1560 g/mol. The van der Waals surface area contributed by atoms with Crippen molar-refractivity contribution in [1.82, 2.24) is 75.5 Å². The molecule has 20 rings (SSSR count). The zero-order valence-electron chi connectivity index (χ0n) is 66.7. The minimum absolute atomic E-state index is 0.106. The third-order valence-corrected chi connectivity index (χ3v) is 21.6. The van der Waals surface area contributed by atoms with E-state index in [1.165, 1.54) is 25.0 Å². The highest BCUT2D eigenvalue weighted by Gasteiger charge is 2.38. The Morgan fingerprint density at radius 1 is 0.374 bits per heavy atom. The number of alkyl halides is 2. The molecule has 3 aliphatic heterocycles. The smallest absolute Gasteiger partial charge is 0.276 e. The summed E-state index contributed by atoms with van der Waals surface area (Å²) < 4.78 is 40.6. The Hall–Kier alpha value is -15.4. The molecule has 28 heteroatoms. The molecule has 0 spiro atoms. The zero-order valence-corrected chi connectivity index (χ0v) is 66.7. The van der Waals surface area contributed by atoms with Gasteiger partial charge in [0.25, 0.3) is 29.6 Å². The summed E-state index contributed by atoms with van der Waals surface area (Å²) in [6.45, 7) is 6.68. The molecule has 8 N–H and O–H groups in total. The topological polar surface area (TPSA) is 309 Å². The summed E-state index contributed by atoms with van der Waals surface area (Å²) in [5.41, 5.74) is 18.4. The molecule has 17 aromatic rings. The van der Waals surface area contributed by atoms with Gasteiger partial charge in [-0.2, -0.15) is 20.4 Å². The Morgan fingerprint density at radius 3 is 1.28 bits per heavy atom.